The summed E-state index contributed by atoms with van der Waals surface area (Å²) in [5, 5.41) is 0. The molecule has 2 saturated heterocycles. The fourth-order valence-electron chi connectivity index (χ4n) is 2.86. The minimum Gasteiger partial charge on any atom is -0.382 e. The first-order valence-electron chi connectivity index (χ1n) is 6.83. The van der Waals surface area contributed by atoms with Gasteiger partial charge in [0.1, 0.15) is 30.5 Å². The molecule has 20 heavy (non-hydrogen) atoms. The van der Waals surface area contributed by atoms with Crippen molar-refractivity contribution in [2.45, 2.75) is 37.3 Å². The number of hydrogen-bond donors (Lipinski definition) is 0. The summed E-state index contributed by atoms with van der Waals surface area (Å²) in [6, 6.07) is 0. The van der Waals surface area contributed by atoms with Crippen LogP contribution in [-0.2, 0) is 23.3 Å². The molecular formula is C13H22NO5P. The van der Waals surface area contributed by atoms with Gasteiger partial charge in [0, 0.05) is 13.8 Å². The highest BCUT2D eigenvalue weighted by molar-refractivity contribution is 7.46. The molecule has 2 bridgehead atoms. The average molecular weight is 303 g/mol. The van der Waals surface area contributed by atoms with Crippen LogP contribution in [0, 0.1) is 6.57 Å². The van der Waals surface area contributed by atoms with Gasteiger partial charge in [0.15, 0.2) is 8.38 Å². The van der Waals surface area contributed by atoms with Gasteiger partial charge in [-0.3, -0.25) is 0 Å². The van der Waals surface area contributed by atoms with Gasteiger partial charge in [0.25, 0.3) is 0 Å². The molecule has 0 N–H and O–H groups in total. The topological polar surface area (TPSA) is 50.5 Å². The van der Waals surface area contributed by atoms with Crippen LogP contribution in [0.15, 0.2) is 0 Å². The second-order valence-corrected chi connectivity index (χ2v) is 6.27. The lowest BCUT2D eigenvalue weighted by atomic mass is 9.90. The Kier molecular flexibility index (Phi) is 5.74. The van der Waals surface area contributed by atoms with E-state index in [1.165, 1.54) is 0 Å². The second-order valence-electron chi connectivity index (χ2n) is 4.92. The van der Waals surface area contributed by atoms with Gasteiger partial charge in [0.2, 0.25) is 6.54 Å². The van der Waals surface area contributed by atoms with Gasteiger partial charge >= 0.3 is 0 Å². The third-order valence-electron chi connectivity index (χ3n) is 3.83. The number of ether oxygens (including phenoxy) is 3. The van der Waals surface area contributed by atoms with Crippen molar-refractivity contribution in [3.8, 4) is 0 Å². The molecule has 2 heterocycles. The van der Waals surface area contributed by atoms with Gasteiger partial charge in [-0.05, 0) is 6.42 Å². The smallest absolute Gasteiger partial charge is 0.238 e. The van der Waals surface area contributed by atoms with E-state index in [4.69, 9.17) is 29.8 Å². The Morgan fingerprint density at radius 3 is 2.95 bits per heavy atom. The minimum absolute atomic E-state index is 0.0514. The van der Waals surface area contributed by atoms with Crippen LogP contribution in [0.4, 0.5) is 0 Å². The van der Waals surface area contributed by atoms with Crippen LogP contribution >= 0.6 is 8.38 Å². The molecule has 2 rings (SSSR count). The van der Waals surface area contributed by atoms with Gasteiger partial charge in [-0.1, -0.05) is 6.92 Å². The van der Waals surface area contributed by atoms with E-state index in [1.54, 1.807) is 7.11 Å². The van der Waals surface area contributed by atoms with E-state index in [9.17, 15) is 0 Å². The second kappa shape index (κ2) is 7.13. The Hall–Kier alpha value is -0.280. The van der Waals surface area contributed by atoms with Crippen molar-refractivity contribution in [1.82, 2.24) is 0 Å². The Morgan fingerprint density at radius 2 is 2.30 bits per heavy atom. The van der Waals surface area contributed by atoms with Crippen molar-refractivity contribution in [2.24, 2.45) is 0 Å². The van der Waals surface area contributed by atoms with Crippen LogP contribution in [0.25, 0.3) is 4.85 Å². The molecule has 6 nitrogen and oxygen atoms in total. The summed E-state index contributed by atoms with van der Waals surface area (Å²) in [5.41, 5.74) is -0.430. The molecule has 0 radical (unpaired) electrons. The van der Waals surface area contributed by atoms with Crippen LogP contribution < -0.4 is 0 Å². The van der Waals surface area contributed by atoms with Gasteiger partial charge in [0.05, 0.1) is 13.2 Å². The van der Waals surface area contributed by atoms with Gasteiger partial charge in [-0.25, -0.2) is 6.57 Å². The van der Waals surface area contributed by atoms with E-state index in [2.05, 4.69) is 11.8 Å². The number of nitrogens with zero attached hydrogens (tertiary/aromatic N) is 1. The Morgan fingerprint density at radius 1 is 1.50 bits per heavy atom. The van der Waals surface area contributed by atoms with E-state index in [-0.39, 0.29) is 18.3 Å². The molecule has 0 aromatic carbocycles. The van der Waals surface area contributed by atoms with Crippen LogP contribution in [0.5, 0.6) is 0 Å². The predicted molar refractivity (Wildman–Crippen MR) is 74.6 cm³/mol. The van der Waals surface area contributed by atoms with Crippen LogP contribution in [-0.4, -0.2) is 64.1 Å². The largest absolute Gasteiger partial charge is 0.382 e. The Labute approximate surface area is 121 Å². The van der Waals surface area contributed by atoms with Crippen LogP contribution in [0.2, 0.25) is 0 Å². The normalized spacial score (nSPS) is 37.0. The van der Waals surface area contributed by atoms with Crippen LogP contribution in [0.1, 0.15) is 13.3 Å². The van der Waals surface area contributed by atoms with E-state index in [0.29, 0.717) is 26.4 Å². The summed E-state index contributed by atoms with van der Waals surface area (Å²) >= 11 is 0. The molecule has 2 fully saturated rings. The van der Waals surface area contributed by atoms with E-state index in [1.807, 2.05) is 6.66 Å². The quantitative estimate of drug-likeness (QED) is 0.389. The molecule has 2 aliphatic rings. The molecule has 0 aromatic rings. The molecule has 0 aliphatic carbocycles. The summed E-state index contributed by atoms with van der Waals surface area (Å²) < 4.78 is 28.7. The first-order chi connectivity index (χ1) is 9.67. The molecule has 0 amide bonds. The Bertz CT molecular complexity index is 363. The zero-order valence-corrected chi connectivity index (χ0v) is 13.1. The summed E-state index contributed by atoms with van der Waals surface area (Å²) in [5.74, 6) is 0. The fraction of sp³-hybridized carbons (Fsp3) is 0.923. The molecule has 1 unspecified atom stereocenters. The zero-order chi connectivity index (χ0) is 14.6. The van der Waals surface area contributed by atoms with Crippen molar-refractivity contribution in [2.75, 3.05) is 40.1 Å². The van der Waals surface area contributed by atoms with Crippen molar-refractivity contribution in [3.63, 3.8) is 0 Å². The molecule has 5 atom stereocenters. The third-order valence-corrected chi connectivity index (χ3v) is 4.90. The Balaban J connectivity index is 1.95. The van der Waals surface area contributed by atoms with Gasteiger partial charge in [-0.15, -0.1) is 0 Å². The highest BCUT2D eigenvalue weighted by atomic mass is 31.2. The van der Waals surface area contributed by atoms with E-state index < -0.39 is 14.0 Å². The molecule has 2 aliphatic heterocycles. The number of methoxy groups -OCH3 is 1. The lowest BCUT2D eigenvalue weighted by molar-refractivity contribution is -0.166. The summed E-state index contributed by atoms with van der Waals surface area (Å²) in [7, 11) is 0.635. The summed E-state index contributed by atoms with van der Waals surface area (Å²) in [4.78, 5) is 3.26. The zero-order valence-electron chi connectivity index (χ0n) is 12.2. The number of rotatable bonds is 8. The van der Waals surface area contributed by atoms with Crippen molar-refractivity contribution in [1.29, 1.82) is 0 Å². The third kappa shape index (κ3) is 2.99. The average Bonchev–Trinajstić information content (AvgIpc) is 2.92. The maximum Gasteiger partial charge on any atom is 0.238 e. The standard InChI is InChI=1S/C13H22NO5P/c1-5-13-11(9-15-3)18-10(8-16-13)12(13)19-20(4)17-7-6-14-2/h10-12H,5-9H2,1,3-4H3/t10-,11-,12-,13-,20?/m0/s1. The monoisotopic (exact) mass is 303 g/mol. The lowest BCUT2D eigenvalue weighted by Gasteiger charge is -2.35. The highest BCUT2D eigenvalue weighted by Gasteiger charge is 2.62. The first-order valence-corrected chi connectivity index (χ1v) is 8.45. The minimum atomic E-state index is -1.03. The number of fused-ring (bicyclic) bond motifs is 2. The highest BCUT2D eigenvalue weighted by Crippen LogP contribution is 2.50. The fourth-order valence-corrected chi connectivity index (χ4v) is 3.89. The molecule has 7 heteroatoms. The molecule has 0 saturated carbocycles. The number of hydrogen-bond acceptors (Lipinski definition) is 5. The van der Waals surface area contributed by atoms with Crippen LogP contribution in [0.3, 0.4) is 0 Å². The molecule has 0 spiro atoms. The lowest BCUT2D eigenvalue weighted by Crippen LogP contribution is -2.48. The maximum absolute atomic E-state index is 6.74. The van der Waals surface area contributed by atoms with Gasteiger partial charge < -0.3 is 28.1 Å². The SMILES string of the molecule is [C-]#[N+]CCOP(C)O[C@H]1[C@@H]2CO[C@@]1(CC)[C@H](COC)O2. The molecule has 114 valence electrons. The first kappa shape index (κ1) is 16.1. The van der Waals surface area contributed by atoms with Crippen molar-refractivity contribution >= 4 is 8.38 Å². The van der Waals surface area contributed by atoms with Crippen molar-refractivity contribution in [3.05, 3.63) is 11.4 Å². The summed E-state index contributed by atoms with van der Waals surface area (Å²) in [6.07, 6.45) is 0.557. The van der Waals surface area contributed by atoms with Gasteiger partial charge in [-0.2, -0.15) is 0 Å². The van der Waals surface area contributed by atoms with Crippen molar-refractivity contribution < 1.29 is 23.3 Å². The summed E-state index contributed by atoms with van der Waals surface area (Å²) in [6.45, 7) is 12.6. The molecular weight excluding hydrogens is 281 g/mol. The maximum atomic E-state index is 6.74. The van der Waals surface area contributed by atoms with E-state index >= 15 is 0 Å². The molecule has 0 aromatic heterocycles. The van der Waals surface area contributed by atoms with E-state index in [0.717, 1.165) is 6.42 Å². The predicted octanol–water partition coefficient (Wildman–Crippen LogP) is 1.84.